The van der Waals surface area contributed by atoms with Gasteiger partial charge >= 0.3 is 142 Å². The van der Waals surface area contributed by atoms with Crippen molar-refractivity contribution < 1.29 is 9.90 Å². The number of nitrogens with zero attached hydrogens (tertiary/aromatic N) is 3. The molecule has 23 heavy (non-hydrogen) atoms. The van der Waals surface area contributed by atoms with Gasteiger partial charge in [-0.05, 0) is 0 Å². The summed E-state index contributed by atoms with van der Waals surface area (Å²) in [4.78, 5) is 22.3. The van der Waals surface area contributed by atoms with Crippen LogP contribution < -0.4 is 14.1 Å². The first kappa shape index (κ1) is 17.4. The molecule has 2 aromatic rings. The molecule has 0 atom stereocenters. The van der Waals surface area contributed by atoms with Crippen molar-refractivity contribution in [1.82, 2.24) is 14.9 Å². The molecule has 2 rings (SSSR count). The van der Waals surface area contributed by atoms with E-state index in [0.717, 1.165) is 27.6 Å². The number of aryl methyl sites for hydroxylation is 1. The second-order valence-corrected chi connectivity index (χ2v) is 7.80. The zero-order valence-corrected chi connectivity index (χ0v) is 15.3. The van der Waals surface area contributed by atoms with Crippen molar-refractivity contribution in [3.8, 4) is 0 Å². The fourth-order valence-corrected chi connectivity index (χ4v) is 4.25. The second-order valence-electron chi connectivity index (χ2n) is 5.36. The molecule has 1 aromatic carbocycles. The first-order valence-electron chi connectivity index (χ1n) is 7.24. The third-order valence-electron chi connectivity index (χ3n) is 3.05. The van der Waals surface area contributed by atoms with Crippen LogP contribution in [-0.2, 0) is 0 Å². The Kier molecular flexibility index (Phi) is 6.13. The molecule has 0 aliphatic rings. The van der Waals surface area contributed by atoms with Crippen molar-refractivity contribution >= 4 is 36.5 Å². The van der Waals surface area contributed by atoms with Crippen molar-refractivity contribution in [2.24, 2.45) is 0 Å². The Bertz CT molecular complexity index is 692. The summed E-state index contributed by atoms with van der Waals surface area (Å²) in [5.74, 6) is -0.295. The number of benzene rings is 1. The third kappa shape index (κ3) is 5.34. The number of aromatic carboxylic acids is 1. The maximum absolute atomic E-state index is 11.3. The average Bonchev–Trinajstić information content (AvgIpc) is 2.46. The van der Waals surface area contributed by atoms with Crippen LogP contribution >= 0.6 is 0 Å². The number of likely N-dealkylation sites (N-methyl/N-ethyl adjacent to an activating group) is 1. The van der Waals surface area contributed by atoms with Crippen LogP contribution in [0.1, 0.15) is 16.1 Å². The van der Waals surface area contributed by atoms with Gasteiger partial charge in [-0.3, -0.25) is 0 Å². The van der Waals surface area contributed by atoms with Crippen LogP contribution in [0, 0.1) is 6.92 Å². The normalized spacial score (nSPS) is 11.3. The molecule has 121 valence electrons. The summed E-state index contributed by atoms with van der Waals surface area (Å²) in [6.07, 6.45) is 0. The summed E-state index contributed by atoms with van der Waals surface area (Å²) >= 11 is -0.503. The second kappa shape index (κ2) is 8.09. The van der Waals surface area contributed by atoms with Crippen molar-refractivity contribution in [2.45, 2.75) is 6.92 Å². The Labute approximate surface area is 142 Å². The number of hydrogen-bond donors (Lipinski definition) is 2. The fourth-order valence-electron chi connectivity index (χ4n) is 1.95. The molecule has 1 heterocycles. The van der Waals surface area contributed by atoms with Crippen molar-refractivity contribution in [3.63, 3.8) is 0 Å². The van der Waals surface area contributed by atoms with Gasteiger partial charge in [0.2, 0.25) is 0 Å². The number of carboxylic acid groups (broad SMARTS) is 1. The zero-order chi connectivity index (χ0) is 16.8. The molecule has 1 radical (unpaired) electrons. The molecular formula is C16H20AsN4O2. The summed E-state index contributed by atoms with van der Waals surface area (Å²) in [5, 5.41) is 12.5. The number of nitrogens with one attached hydrogen (secondary N) is 1. The van der Waals surface area contributed by atoms with E-state index in [1.54, 1.807) is 12.1 Å². The van der Waals surface area contributed by atoms with Crippen molar-refractivity contribution in [3.05, 3.63) is 41.6 Å². The number of carboxylic acids is 1. The SMILES string of the molecule is Cc1cc([As]c2ccccc2C(=O)O)nc(NCCN(C)C)n1. The fraction of sp³-hybridized carbons (Fsp3) is 0.312. The van der Waals surface area contributed by atoms with Crippen LogP contribution in [0.5, 0.6) is 0 Å². The molecule has 0 unspecified atom stereocenters. The number of carbonyl (C=O) groups is 1. The first-order valence-corrected chi connectivity index (χ1v) is 9.11. The summed E-state index contributed by atoms with van der Waals surface area (Å²) in [6.45, 7) is 3.58. The zero-order valence-electron chi connectivity index (χ0n) is 13.4. The molecule has 0 fully saturated rings. The number of aromatic nitrogens is 2. The van der Waals surface area contributed by atoms with E-state index in [1.807, 2.05) is 39.2 Å². The van der Waals surface area contributed by atoms with E-state index in [0.29, 0.717) is 11.5 Å². The molecule has 0 saturated carbocycles. The van der Waals surface area contributed by atoms with Crippen LogP contribution in [0.25, 0.3) is 0 Å². The molecule has 7 heteroatoms. The predicted octanol–water partition coefficient (Wildman–Crippen LogP) is 0.112. The maximum atomic E-state index is 11.3. The Balaban J connectivity index is 2.17. The van der Waals surface area contributed by atoms with E-state index < -0.39 is 21.7 Å². The quantitative estimate of drug-likeness (QED) is 0.669. The van der Waals surface area contributed by atoms with Gasteiger partial charge in [0, 0.05) is 0 Å². The Morgan fingerprint density at radius 3 is 2.74 bits per heavy atom. The van der Waals surface area contributed by atoms with E-state index in [9.17, 15) is 9.90 Å². The van der Waals surface area contributed by atoms with E-state index in [-0.39, 0.29) is 0 Å². The van der Waals surface area contributed by atoms with Gasteiger partial charge in [-0.25, -0.2) is 0 Å². The molecule has 6 nitrogen and oxygen atoms in total. The van der Waals surface area contributed by atoms with Gasteiger partial charge in [0.1, 0.15) is 0 Å². The van der Waals surface area contributed by atoms with E-state index >= 15 is 0 Å². The molecule has 1 aromatic heterocycles. The molecular weight excluding hydrogens is 355 g/mol. The minimum atomic E-state index is -0.897. The van der Waals surface area contributed by atoms with Crippen LogP contribution in [0.4, 0.5) is 5.95 Å². The monoisotopic (exact) mass is 375 g/mol. The average molecular weight is 375 g/mol. The van der Waals surface area contributed by atoms with E-state index in [1.165, 1.54) is 0 Å². The van der Waals surface area contributed by atoms with Crippen LogP contribution in [0.2, 0.25) is 0 Å². The van der Waals surface area contributed by atoms with Gasteiger partial charge in [-0.15, -0.1) is 0 Å². The van der Waals surface area contributed by atoms with Gasteiger partial charge in [0.05, 0.1) is 0 Å². The molecule has 2 N–H and O–H groups in total. The predicted molar refractivity (Wildman–Crippen MR) is 92.2 cm³/mol. The molecule has 0 bridgehead atoms. The van der Waals surface area contributed by atoms with Crippen LogP contribution in [0.15, 0.2) is 30.3 Å². The van der Waals surface area contributed by atoms with Gasteiger partial charge in [0.25, 0.3) is 0 Å². The van der Waals surface area contributed by atoms with Crippen LogP contribution in [0.3, 0.4) is 0 Å². The van der Waals surface area contributed by atoms with Gasteiger partial charge in [-0.1, -0.05) is 0 Å². The molecule has 0 spiro atoms. The van der Waals surface area contributed by atoms with Crippen molar-refractivity contribution in [2.75, 3.05) is 32.5 Å². The van der Waals surface area contributed by atoms with E-state index in [2.05, 4.69) is 20.2 Å². The van der Waals surface area contributed by atoms with Gasteiger partial charge in [-0.2, -0.15) is 0 Å². The Morgan fingerprint density at radius 2 is 2.04 bits per heavy atom. The standard InChI is InChI=1S/C16H20AsN4O2/c1-11-10-14(20-16(19-11)18-8-9-21(2)3)17-13-7-5-4-6-12(13)15(22)23/h4-7,10H,8-9H2,1-3H3,(H,22,23)(H,18,19,20). The van der Waals surface area contributed by atoms with Gasteiger partial charge < -0.3 is 0 Å². The summed E-state index contributed by atoms with van der Waals surface area (Å²) in [6, 6.07) is 9.03. The van der Waals surface area contributed by atoms with Crippen LogP contribution in [-0.4, -0.2) is 68.9 Å². The Morgan fingerprint density at radius 1 is 1.30 bits per heavy atom. The summed E-state index contributed by atoms with van der Waals surface area (Å²) in [5.41, 5.74) is 1.23. The molecule has 0 saturated heterocycles. The first-order chi connectivity index (χ1) is 11.0. The number of anilines is 1. The molecule has 0 amide bonds. The summed E-state index contributed by atoms with van der Waals surface area (Å²) in [7, 11) is 4.02. The van der Waals surface area contributed by atoms with E-state index in [4.69, 9.17) is 0 Å². The minimum absolute atomic E-state index is 0.353. The topological polar surface area (TPSA) is 78.3 Å². The van der Waals surface area contributed by atoms with Crippen molar-refractivity contribution in [1.29, 1.82) is 0 Å². The number of hydrogen-bond acceptors (Lipinski definition) is 5. The summed E-state index contributed by atoms with van der Waals surface area (Å²) < 4.78 is 1.74. The molecule has 0 aliphatic carbocycles. The number of rotatable bonds is 7. The third-order valence-corrected chi connectivity index (χ3v) is 5.34. The Hall–Kier alpha value is -1.91. The van der Waals surface area contributed by atoms with Gasteiger partial charge in [0.15, 0.2) is 0 Å². The molecule has 0 aliphatic heterocycles.